The van der Waals surface area contributed by atoms with Gasteiger partial charge in [0, 0.05) is 24.6 Å². The molecule has 0 spiro atoms. The van der Waals surface area contributed by atoms with Crippen molar-refractivity contribution in [1.29, 1.82) is 0 Å². The number of carbonyl (C=O) groups is 1. The maximum absolute atomic E-state index is 11.7. The molecule has 0 fully saturated rings. The number of hydrogen-bond acceptors (Lipinski definition) is 4. The Bertz CT molecular complexity index is 530. The third kappa shape index (κ3) is 4.44. The number of rotatable bonds is 6. The number of amides is 1. The maximum Gasteiger partial charge on any atom is 0.234 e. The van der Waals surface area contributed by atoms with Crippen molar-refractivity contribution in [2.75, 3.05) is 6.54 Å². The highest BCUT2D eigenvalue weighted by molar-refractivity contribution is 5.77. The molecular formula is C15H18N4O. The maximum atomic E-state index is 11.7. The van der Waals surface area contributed by atoms with Crippen LogP contribution >= 0.6 is 0 Å². The van der Waals surface area contributed by atoms with Gasteiger partial charge in [0.05, 0.1) is 18.8 Å². The molecule has 2 aromatic heterocycles. The Morgan fingerprint density at radius 3 is 2.70 bits per heavy atom. The van der Waals surface area contributed by atoms with E-state index < -0.39 is 0 Å². The van der Waals surface area contributed by atoms with Crippen molar-refractivity contribution in [2.45, 2.75) is 19.5 Å². The Kier molecular flexibility index (Phi) is 5.20. The van der Waals surface area contributed by atoms with Gasteiger partial charge in [-0.2, -0.15) is 0 Å². The Balaban J connectivity index is 1.73. The fraction of sp³-hybridized carbons (Fsp3) is 0.267. The smallest absolute Gasteiger partial charge is 0.234 e. The second-order valence-corrected chi connectivity index (χ2v) is 4.48. The molecule has 0 radical (unpaired) electrons. The zero-order chi connectivity index (χ0) is 14.2. The predicted octanol–water partition coefficient (Wildman–Crippen LogP) is 1.44. The summed E-state index contributed by atoms with van der Waals surface area (Å²) in [5.74, 6) is -0.0449. The fourth-order valence-corrected chi connectivity index (χ4v) is 1.77. The van der Waals surface area contributed by atoms with Gasteiger partial charge in [0.1, 0.15) is 0 Å². The van der Waals surface area contributed by atoms with Crippen LogP contribution in [0.1, 0.15) is 24.2 Å². The van der Waals surface area contributed by atoms with Crippen LogP contribution in [0, 0.1) is 0 Å². The molecule has 0 aliphatic rings. The number of nitrogens with zero attached hydrogens (tertiary/aromatic N) is 2. The minimum Gasteiger partial charge on any atom is -0.349 e. The highest BCUT2D eigenvalue weighted by Gasteiger charge is 2.07. The van der Waals surface area contributed by atoms with Crippen molar-refractivity contribution in [1.82, 2.24) is 20.6 Å². The lowest BCUT2D eigenvalue weighted by Gasteiger charge is -2.13. The van der Waals surface area contributed by atoms with Gasteiger partial charge in [-0.3, -0.25) is 14.8 Å². The van der Waals surface area contributed by atoms with Crippen molar-refractivity contribution in [2.24, 2.45) is 0 Å². The van der Waals surface area contributed by atoms with Gasteiger partial charge in [0.25, 0.3) is 0 Å². The molecule has 20 heavy (non-hydrogen) atoms. The molecule has 2 rings (SSSR count). The normalized spacial score (nSPS) is 11.8. The van der Waals surface area contributed by atoms with E-state index in [-0.39, 0.29) is 18.5 Å². The zero-order valence-electron chi connectivity index (χ0n) is 11.4. The molecule has 0 aliphatic carbocycles. The van der Waals surface area contributed by atoms with Crippen LogP contribution in [0.2, 0.25) is 0 Å². The summed E-state index contributed by atoms with van der Waals surface area (Å²) in [5, 5.41) is 6.00. The third-order valence-electron chi connectivity index (χ3n) is 2.97. The number of aromatic nitrogens is 2. The molecule has 1 amide bonds. The first kappa shape index (κ1) is 14.1. The Morgan fingerprint density at radius 2 is 2.00 bits per heavy atom. The number of pyridine rings is 2. The molecule has 0 saturated heterocycles. The van der Waals surface area contributed by atoms with Crippen LogP contribution in [0.25, 0.3) is 0 Å². The monoisotopic (exact) mass is 270 g/mol. The number of hydrogen-bond donors (Lipinski definition) is 2. The summed E-state index contributed by atoms with van der Waals surface area (Å²) in [6, 6.07) is 9.61. The van der Waals surface area contributed by atoms with Gasteiger partial charge in [-0.1, -0.05) is 6.07 Å². The number of nitrogens with one attached hydrogen (secondary N) is 2. The largest absolute Gasteiger partial charge is 0.349 e. The van der Waals surface area contributed by atoms with Crippen LogP contribution in [-0.4, -0.2) is 22.4 Å². The van der Waals surface area contributed by atoms with Crippen LogP contribution in [0.3, 0.4) is 0 Å². The van der Waals surface area contributed by atoms with E-state index in [0.29, 0.717) is 6.54 Å². The van der Waals surface area contributed by atoms with E-state index in [9.17, 15) is 4.79 Å². The second kappa shape index (κ2) is 7.35. The number of carbonyl (C=O) groups excluding carboxylic acids is 1. The minimum absolute atomic E-state index is 0.0449. The summed E-state index contributed by atoms with van der Waals surface area (Å²) in [5.41, 5.74) is 1.96. The molecule has 0 saturated carbocycles. The van der Waals surface area contributed by atoms with E-state index in [0.717, 1.165) is 11.3 Å². The van der Waals surface area contributed by atoms with Crippen LogP contribution in [0.4, 0.5) is 0 Å². The van der Waals surface area contributed by atoms with Crippen LogP contribution in [0.5, 0.6) is 0 Å². The predicted molar refractivity (Wildman–Crippen MR) is 76.7 cm³/mol. The lowest BCUT2D eigenvalue weighted by molar-refractivity contribution is -0.120. The molecule has 1 unspecified atom stereocenters. The van der Waals surface area contributed by atoms with Crippen LogP contribution < -0.4 is 10.6 Å². The zero-order valence-corrected chi connectivity index (χ0v) is 11.4. The van der Waals surface area contributed by atoms with Crippen molar-refractivity contribution in [3.8, 4) is 0 Å². The van der Waals surface area contributed by atoms with Crippen molar-refractivity contribution in [3.05, 3.63) is 60.2 Å². The van der Waals surface area contributed by atoms with E-state index in [2.05, 4.69) is 20.6 Å². The summed E-state index contributed by atoms with van der Waals surface area (Å²) < 4.78 is 0. The van der Waals surface area contributed by atoms with Gasteiger partial charge in [-0.25, -0.2) is 0 Å². The van der Waals surface area contributed by atoms with Gasteiger partial charge in [0.15, 0.2) is 0 Å². The average molecular weight is 270 g/mol. The van der Waals surface area contributed by atoms with Gasteiger partial charge in [-0.15, -0.1) is 0 Å². The molecule has 1 atom stereocenters. The summed E-state index contributed by atoms with van der Waals surface area (Å²) in [6.07, 6.45) is 5.20. The Labute approximate surface area is 118 Å². The molecule has 5 heteroatoms. The molecule has 2 heterocycles. The van der Waals surface area contributed by atoms with Crippen LogP contribution in [-0.2, 0) is 11.3 Å². The highest BCUT2D eigenvalue weighted by atomic mass is 16.1. The standard InChI is InChI=1S/C15H18N4O/c1-12(13-5-8-16-9-6-13)18-11-15(20)19-10-14-4-2-3-7-17-14/h2-9,12,18H,10-11H2,1H3,(H,19,20). The molecule has 2 N–H and O–H groups in total. The summed E-state index contributed by atoms with van der Waals surface area (Å²) >= 11 is 0. The van der Waals surface area contributed by atoms with E-state index in [1.165, 1.54) is 0 Å². The molecular weight excluding hydrogens is 252 g/mol. The Morgan fingerprint density at radius 1 is 1.20 bits per heavy atom. The van der Waals surface area contributed by atoms with E-state index in [1.807, 2.05) is 37.3 Å². The third-order valence-corrected chi connectivity index (χ3v) is 2.97. The highest BCUT2D eigenvalue weighted by Crippen LogP contribution is 2.09. The topological polar surface area (TPSA) is 66.9 Å². The molecule has 0 bridgehead atoms. The van der Waals surface area contributed by atoms with E-state index >= 15 is 0 Å². The lowest BCUT2D eigenvalue weighted by Crippen LogP contribution is -2.34. The second-order valence-electron chi connectivity index (χ2n) is 4.48. The van der Waals surface area contributed by atoms with Gasteiger partial charge < -0.3 is 10.6 Å². The first-order chi connectivity index (χ1) is 9.75. The lowest BCUT2D eigenvalue weighted by atomic mass is 10.1. The first-order valence-corrected chi connectivity index (χ1v) is 6.55. The van der Waals surface area contributed by atoms with Gasteiger partial charge in [0.2, 0.25) is 5.91 Å². The quantitative estimate of drug-likeness (QED) is 0.833. The Hall–Kier alpha value is -2.27. The van der Waals surface area contributed by atoms with Crippen molar-refractivity contribution < 1.29 is 4.79 Å². The fourth-order valence-electron chi connectivity index (χ4n) is 1.77. The average Bonchev–Trinajstić information content (AvgIpc) is 2.52. The van der Waals surface area contributed by atoms with Crippen molar-refractivity contribution in [3.63, 3.8) is 0 Å². The van der Waals surface area contributed by atoms with E-state index in [1.54, 1.807) is 18.6 Å². The SMILES string of the molecule is CC(NCC(=O)NCc1ccccn1)c1ccncc1. The molecule has 0 aliphatic heterocycles. The molecule has 0 aromatic carbocycles. The summed E-state index contributed by atoms with van der Waals surface area (Å²) in [7, 11) is 0. The van der Waals surface area contributed by atoms with Crippen LogP contribution in [0.15, 0.2) is 48.9 Å². The molecule has 2 aromatic rings. The summed E-state index contributed by atoms with van der Waals surface area (Å²) in [4.78, 5) is 19.9. The van der Waals surface area contributed by atoms with Gasteiger partial charge in [-0.05, 0) is 36.8 Å². The van der Waals surface area contributed by atoms with Crippen molar-refractivity contribution >= 4 is 5.91 Å². The molecule has 104 valence electrons. The summed E-state index contributed by atoms with van der Waals surface area (Å²) in [6.45, 7) is 2.74. The van der Waals surface area contributed by atoms with Gasteiger partial charge >= 0.3 is 0 Å². The minimum atomic E-state index is -0.0449. The van der Waals surface area contributed by atoms with E-state index in [4.69, 9.17) is 0 Å². The first-order valence-electron chi connectivity index (χ1n) is 6.55. The molecule has 5 nitrogen and oxygen atoms in total.